The second-order valence-electron chi connectivity index (χ2n) is 7.00. The van der Waals surface area contributed by atoms with Crippen molar-refractivity contribution in [1.82, 2.24) is 9.21 Å². The topological polar surface area (TPSA) is 74.8 Å². The Morgan fingerprint density at radius 2 is 1.61 bits per heavy atom. The number of amides is 1. The van der Waals surface area contributed by atoms with E-state index in [4.69, 9.17) is 0 Å². The number of nitrogens with zero attached hydrogens (tertiary/aromatic N) is 2. The van der Waals surface area contributed by atoms with Gasteiger partial charge in [0, 0.05) is 37.3 Å². The Labute approximate surface area is 165 Å². The normalized spacial score (nSPS) is 15.9. The molecular formula is C21H24N2O4S. The lowest BCUT2D eigenvalue weighted by Crippen LogP contribution is -2.37. The van der Waals surface area contributed by atoms with Crippen LogP contribution in [0.15, 0.2) is 53.4 Å². The highest BCUT2D eigenvalue weighted by atomic mass is 32.2. The molecule has 2 aromatic carbocycles. The molecule has 0 bridgehead atoms. The molecule has 1 aliphatic heterocycles. The number of carbonyl (C=O) groups excluding carboxylic acids is 2. The van der Waals surface area contributed by atoms with Crippen molar-refractivity contribution in [2.45, 2.75) is 25.2 Å². The Morgan fingerprint density at radius 1 is 0.893 bits per heavy atom. The number of hydrogen-bond acceptors (Lipinski definition) is 4. The molecule has 3 rings (SSSR count). The second-order valence-corrected chi connectivity index (χ2v) is 8.94. The van der Waals surface area contributed by atoms with Gasteiger partial charge in [0.25, 0.3) is 5.91 Å². The van der Waals surface area contributed by atoms with Crippen LogP contribution in [0.2, 0.25) is 0 Å². The summed E-state index contributed by atoms with van der Waals surface area (Å²) in [6.07, 6.45) is 0.572. The van der Waals surface area contributed by atoms with Crippen molar-refractivity contribution in [3.05, 3.63) is 65.2 Å². The lowest BCUT2D eigenvalue weighted by atomic mass is 10.1. The first kappa shape index (κ1) is 20.2. The highest BCUT2D eigenvalue weighted by Crippen LogP contribution is 2.19. The average Bonchev–Trinajstić information content (AvgIpc) is 2.94. The van der Waals surface area contributed by atoms with Crippen LogP contribution in [0.4, 0.5) is 0 Å². The molecule has 0 atom stereocenters. The molecule has 28 heavy (non-hydrogen) atoms. The first-order valence-electron chi connectivity index (χ1n) is 9.26. The van der Waals surface area contributed by atoms with Crippen LogP contribution in [-0.2, 0) is 10.0 Å². The maximum Gasteiger partial charge on any atom is 0.253 e. The number of Topliss-reactive ketones (excluding diaryl/α,β-unsaturated/α-hetero) is 1. The molecule has 0 saturated carbocycles. The third-order valence-electron chi connectivity index (χ3n) is 4.91. The molecule has 0 unspecified atom stereocenters. The van der Waals surface area contributed by atoms with E-state index in [9.17, 15) is 18.0 Å². The number of sulfonamides is 1. The molecule has 1 heterocycles. The maximum atomic E-state index is 12.9. The van der Waals surface area contributed by atoms with Crippen LogP contribution in [0.25, 0.3) is 0 Å². The fourth-order valence-corrected chi connectivity index (χ4v) is 4.78. The van der Waals surface area contributed by atoms with Crippen molar-refractivity contribution < 1.29 is 18.0 Å². The summed E-state index contributed by atoms with van der Waals surface area (Å²) in [5, 5.41) is 0. The Bertz CT molecular complexity index is 984. The minimum atomic E-state index is -3.66. The van der Waals surface area contributed by atoms with Crippen molar-refractivity contribution in [1.29, 1.82) is 0 Å². The van der Waals surface area contributed by atoms with E-state index in [2.05, 4.69) is 0 Å². The van der Waals surface area contributed by atoms with Gasteiger partial charge in [-0.05, 0) is 44.5 Å². The number of ketones is 1. The third kappa shape index (κ3) is 4.31. The molecule has 7 heteroatoms. The SMILES string of the molecule is CC(=O)c1ccc(S(=O)(=O)N2CCCN(C(=O)c3cccc(C)c3)CC2)cc1. The van der Waals surface area contributed by atoms with Gasteiger partial charge in [0.1, 0.15) is 0 Å². The Kier molecular flexibility index (Phi) is 5.96. The summed E-state index contributed by atoms with van der Waals surface area (Å²) in [5.74, 6) is -0.183. The summed E-state index contributed by atoms with van der Waals surface area (Å²) in [5.41, 5.74) is 2.11. The summed E-state index contributed by atoms with van der Waals surface area (Å²) < 4.78 is 27.3. The fraction of sp³-hybridized carbons (Fsp3) is 0.333. The zero-order chi connectivity index (χ0) is 20.3. The lowest BCUT2D eigenvalue weighted by Gasteiger charge is -2.22. The van der Waals surface area contributed by atoms with E-state index < -0.39 is 10.0 Å². The van der Waals surface area contributed by atoms with Gasteiger partial charge in [-0.3, -0.25) is 9.59 Å². The Morgan fingerprint density at radius 3 is 2.25 bits per heavy atom. The first-order chi connectivity index (χ1) is 13.3. The number of aryl methyl sites for hydroxylation is 1. The zero-order valence-corrected chi connectivity index (χ0v) is 16.9. The number of carbonyl (C=O) groups is 2. The lowest BCUT2D eigenvalue weighted by molar-refractivity contribution is 0.0764. The highest BCUT2D eigenvalue weighted by molar-refractivity contribution is 7.89. The van der Waals surface area contributed by atoms with Crippen LogP contribution in [0.5, 0.6) is 0 Å². The first-order valence-corrected chi connectivity index (χ1v) is 10.7. The molecule has 0 aromatic heterocycles. The third-order valence-corrected chi connectivity index (χ3v) is 6.82. The van der Waals surface area contributed by atoms with Gasteiger partial charge in [0.15, 0.2) is 5.78 Å². The van der Waals surface area contributed by atoms with Crippen LogP contribution >= 0.6 is 0 Å². The maximum absolute atomic E-state index is 12.9. The van der Waals surface area contributed by atoms with Gasteiger partial charge in [-0.2, -0.15) is 4.31 Å². The predicted molar refractivity (Wildman–Crippen MR) is 107 cm³/mol. The van der Waals surface area contributed by atoms with E-state index >= 15 is 0 Å². The minimum absolute atomic E-state index is 0.0752. The molecule has 1 aliphatic rings. The highest BCUT2D eigenvalue weighted by Gasteiger charge is 2.28. The zero-order valence-electron chi connectivity index (χ0n) is 16.1. The van der Waals surface area contributed by atoms with Crippen molar-refractivity contribution in [2.75, 3.05) is 26.2 Å². The molecule has 1 amide bonds. The number of benzene rings is 2. The van der Waals surface area contributed by atoms with Crippen LogP contribution in [0, 0.1) is 6.92 Å². The summed E-state index contributed by atoms with van der Waals surface area (Å²) in [6, 6.07) is 13.4. The van der Waals surface area contributed by atoms with Crippen molar-refractivity contribution in [2.24, 2.45) is 0 Å². The molecule has 2 aromatic rings. The van der Waals surface area contributed by atoms with Gasteiger partial charge in [-0.1, -0.05) is 29.8 Å². The van der Waals surface area contributed by atoms with Gasteiger partial charge in [-0.15, -0.1) is 0 Å². The molecule has 148 valence electrons. The predicted octanol–water partition coefficient (Wildman–Crippen LogP) is 2.73. The summed E-state index contributed by atoms with van der Waals surface area (Å²) in [7, 11) is -3.66. The van der Waals surface area contributed by atoms with Gasteiger partial charge in [0.05, 0.1) is 4.90 Å². The van der Waals surface area contributed by atoms with Crippen LogP contribution in [-0.4, -0.2) is 55.5 Å². The molecule has 0 N–H and O–H groups in total. The monoisotopic (exact) mass is 400 g/mol. The van der Waals surface area contributed by atoms with E-state index in [1.54, 1.807) is 11.0 Å². The van der Waals surface area contributed by atoms with Crippen LogP contribution < -0.4 is 0 Å². The number of rotatable bonds is 4. The minimum Gasteiger partial charge on any atom is -0.337 e. The molecule has 0 aliphatic carbocycles. The van der Waals surface area contributed by atoms with Crippen molar-refractivity contribution in [3.63, 3.8) is 0 Å². The quantitative estimate of drug-likeness (QED) is 0.740. The molecule has 6 nitrogen and oxygen atoms in total. The molecule has 0 spiro atoms. The molecule has 1 saturated heterocycles. The summed E-state index contributed by atoms with van der Waals surface area (Å²) in [6.45, 7) is 4.84. The summed E-state index contributed by atoms with van der Waals surface area (Å²) >= 11 is 0. The van der Waals surface area contributed by atoms with E-state index in [1.807, 2.05) is 25.1 Å². The van der Waals surface area contributed by atoms with Crippen LogP contribution in [0.1, 0.15) is 39.6 Å². The van der Waals surface area contributed by atoms with Crippen molar-refractivity contribution in [3.8, 4) is 0 Å². The van der Waals surface area contributed by atoms with Gasteiger partial charge in [0.2, 0.25) is 10.0 Å². The standard InChI is InChI=1S/C21H24N2O4S/c1-16-5-3-6-19(15-16)21(25)22-11-4-12-23(14-13-22)28(26,27)20-9-7-18(8-10-20)17(2)24/h3,5-10,15H,4,11-14H2,1-2H3. The smallest absolute Gasteiger partial charge is 0.253 e. The van der Waals surface area contributed by atoms with Crippen LogP contribution in [0.3, 0.4) is 0 Å². The van der Waals surface area contributed by atoms with E-state index in [0.717, 1.165) is 5.56 Å². The molecular weight excluding hydrogens is 376 g/mol. The second kappa shape index (κ2) is 8.24. The van der Waals surface area contributed by atoms with E-state index in [1.165, 1.54) is 35.5 Å². The van der Waals surface area contributed by atoms with Crippen molar-refractivity contribution >= 4 is 21.7 Å². The fourth-order valence-electron chi connectivity index (χ4n) is 3.31. The average molecular weight is 401 g/mol. The van der Waals surface area contributed by atoms with E-state index in [-0.39, 0.29) is 23.1 Å². The Hall–Kier alpha value is -2.51. The summed E-state index contributed by atoms with van der Waals surface area (Å²) in [4.78, 5) is 26.0. The largest absolute Gasteiger partial charge is 0.337 e. The Balaban J connectivity index is 1.73. The van der Waals surface area contributed by atoms with E-state index in [0.29, 0.717) is 37.2 Å². The van der Waals surface area contributed by atoms with Gasteiger partial charge >= 0.3 is 0 Å². The van der Waals surface area contributed by atoms with Gasteiger partial charge in [-0.25, -0.2) is 8.42 Å². The molecule has 1 fully saturated rings. The molecule has 0 radical (unpaired) electrons. The number of hydrogen-bond donors (Lipinski definition) is 0. The van der Waals surface area contributed by atoms with Gasteiger partial charge < -0.3 is 4.90 Å².